The first kappa shape index (κ1) is 92.9. The third-order valence-electron chi connectivity index (χ3n) is 24.3. The Kier molecular flexibility index (Phi) is 29.1. The van der Waals surface area contributed by atoms with Crippen molar-refractivity contribution in [1.82, 2.24) is 73.5 Å². The highest BCUT2D eigenvalue weighted by atomic mass is 19.3. The number of halogens is 4. The zero-order chi connectivity index (χ0) is 93.8. The van der Waals surface area contributed by atoms with Gasteiger partial charge in [0.1, 0.15) is 39.7 Å². The van der Waals surface area contributed by atoms with Crippen molar-refractivity contribution in [2.45, 2.75) is 66.0 Å². The third kappa shape index (κ3) is 22.7. The van der Waals surface area contributed by atoms with E-state index < -0.39 is 13.2 Å². The van der Waals surface area contributed by atoms with E-state index >= 15 is 0 Å². The average molecular weight is 1820 g/mol. The molecular formula is C101H110F4N22O7. The zero-order valence-corrected chi connectivity index (χ0v) is 76.4. The Labute approximate surface area is 772 Å². The van der Waals surface area contributed by atoms with Gasteiger partial charge in [-0.2, -0.15) is 17.6 Å². The minimum Gasteiger partial charge on any atom is -0.435 e. The molecule has 0 unspecified atom stereocenters. The predicted molar refractivity (Wildman–Crippen MR) is 525 cm³/mol. The van der Waals surface area contributed by atoms with Gasteiger partial charge >= 0.3 is 13.2 Å². The number of hydrogen-bond acceptors (Lipinski definition) is 24. The molecule has 5 aliphatic heterocycles. The lowest BCUT2D eigenvalue weighted by molar-refractivity contribution is -0.0505. The van der Waals surface area contributed by atoms with Gasteiger partial charge in [-0.1, -0.05) is 36.4 Å². The minimum absolute atomic E-state index is 0.0479. The first-order chi connectivity index (χ1) is 64.7. The van der Waals surface area contributed by atoms with Gasteiger partial charge in [0, 0.05) is 258 Å². The van der Waals surface area contributed by atoms with E-state index in [4.69, 9.17) is 15.0 Å². The fourth-order valence-electron chi connectivity index (χ4n) is 16.9. The summed E-state index contributed by atoms with van der Waals surface area (Å²) in [5.41, 5.74) is 19.5. The Morgan fingerprint density at radius 3 is 0.858 bits per heavy atom. The maximum Gasteiger partial charge on any atom is 0.387 e. The number of hydrogen-bond donors (Lipinski definition) is 5. The van der Waals surface area contributed by atoms with Crippen molar-refractivity contribution in [2.24, 2.45) is 0 Å². The summed E-state index contributed by atoms with van der Waals surface area (Å²) in [4.78, 5) is 102. The molecule has 5 saturated heterocycles. The molecule has 20 rings (SSSR count). The van der Waals surface area contributed by atoms with E-state index in [1.807, 2.05) is 160 Å². The van der Waals surface area contributed by atoms with Crippen LogP contribution in [0.2, 0.25) is 0 Å². The van der Waals surface area contributed by atoms with Gasteiger partial charge in [-0.15, -0.1) is 0 Å². The molecule has 5 N–H and O–H groups in total. The van der Waals surface area contributed by atoms with Gasteiger partial charge in [0.25, 0.3) is 27.8 Å². The van der Waals surface area contributed by atoms with Gasteiger partial charge in [-0.3, -0.25) is 46.0 Å². The number of fused-ring (bicyclic) bond motifs is 5. The van der Waals surface area contributed by atoms with Crippen LogP contribution in [0.3, 0.4) is 0 Å². The monoisotopic (exact) mass is 1820 g/mol. The maximum absolute atomic E-state index is 12.8. The summed E-state index contributed by atoms with van der Waals surface area (Å²) in [5.74, 6) is 0.123. The fraction of sp³-hybridized carbons (Fsp3) is 0.307. The van der Waals surface area contributed by atoms with Crippen LogP contribution in [-0.2, 0) is 0 Å². The topological polar surface area (TPSA) is 273 Å². The molecule has 33 heteroatoms. The van der Waals surface area contributed by atoms with Crippen LogP contribution in [0.1, 0.15) is 31.9 Å². The Morgan fingerprint density at radius 1 is 0.313 bits per heavy atom. The molecule has 15 heterocycles. The standard InChI is InChI=1S/C21H25N5O.C21H24N4O.C20H20F2N4O2.C20H23N5O.C19H18F2N4O2/c1-15-13-25(10-9-22-15)18-7-8-20-23-19(12-21(27)26(20)14-18)16-5-4-6-17(11-16)24(2)3;1-14-4-5-17(10-15(14)2)19-11-21(26)25-13-18(6-7-20(25)23-19)24-9-8-22-16(3)12-24;1-13-11-25(9-8-23-13)15-4-7-18-24-17(10-19(27)26(18)12-15)14-2-5-16(6-3-14)28-20(21)22;1-23(2)16-5-3-4-15(12-16)18-13-20(26)25-14-17(6-7-19(25)22-18)24-10-8-21-9-11-24;20-19(21)27-15-4-1-13(2-5-15)16-11-18(26)25-12-14(3-6-17(25)23-16)24-9-7-22-8-10-24/h4-8,11-12,14-15,22H,9-10,13H2,1-3H3;4-7,10-11,13,16,22H,8-9,12H2,1-3H3;2-7,10,12-13,20,23H,8-9,11H2,1H3;3-7,12-14,21H,8-11H2,1-2H3;1-6,11-12,19,22H,7-10H2/t15-;16-;13-;;/m000../s1. The SMILES string of the molecule is CN(C)c1cccc(-c2cc(=O)n3cc(N4CCNCC4)ccc3n2)c1.C[C@H]1CN(c2ccc3nc(-c4ccc(OC(F)F)cc4)cc(=O)n3c2)CCN1.C[C@H]1CN(c2ccc3nc(-c4cccc(N(C)C)c4)cc(=O)n3c2)CCN1.Cc1ccc(-c2cc(=O)n3cc(N4CCN[C@@H](C)C4)ccc3n2)cc1C.O=c1cc(-c2ccc(OC(F)F)cc2)nc2ccc(N3CCNCC3)cn12. The van der Waals surface area contributed by atoms with Crippen molar-refractivity contribution in [3.8, 4) is 67.8 Å². The van der Waals surface area contributed by atoms with Crippen molar-refractivity contribution in [3.63, 3.8) is 0 Å². The number of nitrogens with zero attached hydrogens (tertiary/aromatic N) is 17. The lowest BCUT2D eigenvalue weighted by Crippen LogP contribution is -2.49. The lowest BCUT2D eigenvalue weighted by atomic mass is 10.0. The Bertz CT molecular complexity index is 7010. The highest BCUT2D eigenvalue weighted by molar-refractivity contribution is 5.72. The fourth-order valence-corrected chi connectivity index (χ4v) is 16.9. The van der Waals surface area contributed by atoms with Gasteiger partial charge in [0.15, 0.2) is 0 Å². The second-order valence-corrected chi connectivity index (χ2v) is 34.3. The summed E-state index contributed by atoms with van der Waals surface area (Å²) in [6, 6.07) is 63.0. The molecule has 694 valence electrons. The van der Waals surface area contributed by atoms with Crippen molar-refractivity contribution < 1.29 is 27.0 Å². The smallest absolute Gasteiger partial charge is 0.387 e. The Morgan fingerprint density at radius 2 is 0.582 bits per heavy atom. The van der Waals surface area contributed by atoms with Crippen LogP contribution in [-0.4, -0.2) is 218 Å². The van der Waals surface area contributed by atoms with Gasteiger partial charge in [0.05, 0.1) is 56.9 Å². The second kappa shape index (κ2) is 42.0. The van der Waals surface area contributed by atoms with E-state index in [0.717, 1.165) is 173 Å². The van der Waals surface area contributed by atoms with E-state index in [1.54, 1.807) is 61.9 Å². The highest BCUT2D eigenvalue weighted by Gasteiger charge is 2.24. The van der Waals surface area contributed by atoms with E-state index in [1.165, 1.54) is 56.3 Å². The summed E-state index contributed by atoms with van der Waals surface area (Å²) in [6.07, 6.45) is 9.33. The number of anilines is 7. The normalized spacial score (nSPS) is 16.3. The lowest BCUT2D eigenvalue weighted by Gasteiger charge is -2.33. The molecule has 10 aromatic heterocycles. The molecule has 0 bridgehead atoms. The Balaban J connectivity index is 0.000000122. The molecule has 0 amide bonds. The van der Waals surface area contributed by atoms with Gasteiger partial charge in [-0.25, -0.2) is 24.9 Å². The molecule has 5 aliphatic rings. The number of aromatic nitrogens is 10. The van der Waals surface area contributed by atoms with Crippen molar-refractivity contribution in [1.29, 1.82) is 0 Å². The number of aryl methyl sites for hydroxylation is 2. The number of nitrogens with one attached hydrogen (secondary N) is 5. The van der Waals surface area contributed by atoms with Crippen molar-refractivity contribution in [3.05, 3.63) is 300 Å². The van der Waals surface area contributed by atoms with Crippen molar-refractivity contribution in [2.75, 3.05) is 174 Å². The highest BCUT2D eigenvalue weighted by Crippen LogP contribution is 2.31. The zero-order valence-electron chi connectivity index (χ0n) is 76.4. The molecule has 15 aromatic rings. The number of benzene rings is 5. The van der Waals surface area contributed by atoms with Crippen LogP contribution >= 0.6 is 0 Å². The Hall–Kier alpha value is -14.4. The summed E-state index contributed by atoms with van der Waals surface area (Å²) in [6.45, 7) is 20.6. The first-order valence-corrected chi connectivity index (χ1v) is 45.0. The summed E-state index contributed by atoms with van der Waals surface area (Å²) < 4.78 is 65.7. The van der Waals surface area contributed by atoms with Crippen LogP contribution in [0.25, 0.3) is 84.5 Å². The molecule has 0 saturated carbocycles. The second-order valence-electron chi connectivity index (χ2n) is 34.3. The number of piperazine rings is 5. The maximum atomic E-state index is 12.8. The molecule has 0 aliphatic carbocycles. The quantitative estimate of drug-likeness (QED) is 0.0562. The molecular weight excluding hydrogens is 1710 g/mol. The van der Waals surface area contributed by atoms with Crippen molar-refractivity contribution >= 4 is 68.0 Å². The number of ether oxygens (including phenoxy) is 2. The third-order valence-corrected chi connectivity index (χ3v) is 24.3. The first-order valence-electron chi connectivity index (χ1n) is 45.0. The van der Waals surface area contributed by atoms with Crippen LogP contribution < -0.4 is 98.2 Å². The minimum atomic E-state index is -2.87. The van der Waals surface area contributed by atoms with Crippen LogP contribution in [0, 0.1) is 13.8 Å². The molecule has 0 spiro atoms. The van der Waals surface area contributed by atoms with E-state index in [0.29, 0.717) is 80.3 Å². The van der Waals surface area contributed by atoms with Crippen LogP contribution in [0.4, 0.5) is 57.4 Å². The summed E-state index contributed by atoms with van der Waals surface area (Å²) in [5, 5.41) is 16.9. The molecule has 0 radical (unpaired) electrons. The molecule has 5 fully saturated rings. The van der Waals surface area contributed by atoms with E-state index in [9.17, 15) is 41.5 Å². The molecule has 5 aromatic carbocycles. The summed E-state index contributed by atoms with van der Waals surface area (Å²) >= 11 is 0. The number of alkyl halides is 4. The molecule has 3 atom stereocenters. The summed E-state index contributed by atoms with van der Waals surface area (Å²) in [7, 11) is 8.00. The predicted octanol–water partition coefficient (Wildman–Crippen LogP) is 12.0. The molecule has 134 heavy (non-hydrogen) atoms. The van der Waals surface area contributed by atoms with E-state index in [2.05, 4.69) is 135 Å². The van der Waals surface area contributed by atoms with Gasteiger partial charge in [-0.05, 0) is 185 Å². The average Bonchev–Trinajstić information content (AvgIpc) is 0.829. The largest absolute Gasteiger partial charge is 0.435 e. The number of pyridine rings is 5. The number of rotatable bonds is 16. The van der Waals surface area contributed by atoms with Crippen LogP contribution in [0.5, 0.6) is 11.5 Å². The van der Waals surface area contributed by atoms with E-state index in [-0.39, 0.29) is 39.3 Å². The van der Waals surface area contributed by atoms with Gasteiger partial charge < -0.3 is 70.4 Å². The molecule has 29 nitrogen and oxygen atoms in total. The van der Waals surface area contributed by atoms with Gasteiger partial charge in [0.2, 0.25) is 0 Å². The van der Waals surface area contributed by atoms with Crippen LogP contribution in [0.15, 0.2) is 261 Å².